The molecule has 0 spiro atoms. The molecule has 8 heteroatoms. The van der Waals surface area contributed by atoms with Crippen molar-refractivity contribution in [3.63, 3.8) is 0 Å². The van der Waals surface area contributed by atoms with E-state index in [1.54, 1.807) is 14.0 Å². The molecule has 0 unspecified atom stereocenters. The Morgan fingerprint density at radius 3 is 2.81 bits per heavy atom. The maximum atomic E-state index is 11.9. The minimum absolute atomic E-state index is 0.0531. The van der Waals surface area contributed by atoms with Gasteiger partial charge in [-0.3, -0.25) is 4.68 Å². The Morgan fingerprint density at radius 1 is 1.43 bits per heavy atom. The molecule has 2 aromatic heterocycles. The summed E-state index contributed by atoms with van der Waals surface area (Å²) in [5, 5.41) is 22.0. The molecule has 0 saturated heterocycles. The first-order chi connectivity index (χ1) is 10.1. The molecule has 0 fully saturated rings. The first-order valence-electron chi connectivity index (χ1n) is 6.15. The fraction of sp³-hybridized carbons (Fsp3) is 0.308. The number of aromatic nitrogens is 4. The van der Waals surface area contributed by atoms with Crippen molar-refractivity contribution in [2.75, 3.05) is 6.61 Å². The highest BCUT2D eigenvalue weighted by Gasteiger charge is 2.19. The Balaban J connectivity index is 2.39. The topological polar surface area (TPSA) is 110 Å². The number of hydrogen-bond donors (Lipinski definition) is 0. The SMILES string of the molecule is CCOC(=O)c1cnn(C)c1Cn1cnc(C#N)c1C#N. The van der Waals surface area contributed by atoms with Gasteiger partial charge < -0.3 is 9.30 Å². The monoisotopic (exact) mass is 284 g/mol. The summed E-state index contributed by atoms with van der Waals surface area (Å²) in [6.45, 7) is 2.18. The largest absolute Gasteiger partial charge is 0.462 e. The van der Waals surface area contributed by atoms with Gasteiger partial charge in [-0.1, -0.05) is 0 Å². The minimum atomic E-state index is -0.472. The van der Waals surface area contributed by atoms with Gasteiger partial charge in [-0.2, -0.15) is 15.6 Å². The third-order valence-corrected chi connectivity index (χ3v) is 2.93. The zero-order valence-electron chi connectivity index (χ0n) is 11.6. The van der Waals surface area contributed by atoms with Crippen LogP contribution in [0.15, 0.2) is 12.5 Å². The van der Waals surface area contributed by atoms with E-state index in [2.05, 4.69) is 10.1 Å². The van der Waals surface area contributed by atoms with E-state index in [9.17, 15) is 4.79 Å². The molecule has 2 heterocycles. The molecule has 0 aliphatic carbocycles. The highest BCUT2D eigenvalue weighted by molar-refractivity contribution is 5.90. The van der Waals surface area contributed by atoms with Gasteiger partial charge in [0.2, 0.25) is 0 Å². The van der Waals surface area contributed by atoms with Crippen LogP contribution in [0.3, 0.4) is 0 Å². The molecule has 0 aliphatic rings. The highest BCUT2D eigenvalue weighted by atomic mass is 16.5. The third kappa shape index (κ3) is 2.60. The van der Waals surface area contributed by atoms with Crippen LogP contribution >= 0.6 is 0 Å². The average Bonchev–Trinajstić information content (AvgIpc) is 3.03. The number of aryl methyl sites for hydroxylation is 1. The molecule has 21 heavy (non-hydrogen) atoms. The van der Waals surface area contributed by atoms with E-state index < -0.39 is 5.97 Å². The first-order valence-corrected chi connectivity index (χ1v) is 6.15. The van der Waals surface area contributed by atoms with Crippen molar-refractivity contribution in [2.45, 2.75) is 13.5 Å². The summed E-state index contributed by atoms with van der Waals surface area (Å²) in [5.74, 6) is -0.472. The standard InChI is InChI=1S/C13H12N6O2/c1-3-21-13(20)9-6-17-18(2)12(9)7-19-8-16-10(4-14)11(19)5-15/h6,8H,3,7H2,1-2H3. The normalized spacial score (nSPS) is 9.90. The molecule has 0 atom stereocenters. The van der Waals surface area contributed by atoms with Crippen molar-refractivity contribution in [2.24, 2.45) is 7.05 Å². The molecule has 0 amide bonds. The average molecular weight is 284 g/mol. The molecule has 0 aromatic carbocycles. The van der Waals surface area contributed by atoms with Crippen molar-refractivity contribution in [3.05, 3.63) is 35.2 Å². The number of hydrogen-bond acceptors (Lipinski definition) is 6. The fourth-order valence-corrected chi connectivity index (χ4v) is 1.89. The van der Waals surface area contributed by atoms with Gasteiger partial charge >= 0.3 is 5.97 Å². The summed E-state index contributed by atoms with van der Waals surface area (Å²) in [6, 6.07) is 3.78. The van der Waals surface area contributed by atoms with Crippen LogP contribution in [0.2, 0.25) is 0 Å². The number of carbonyl (C=O) groups is 1. The van der Waals surface area contributed by atoms with Crippen LogP contribution in [0.25, 0.3) is 0 Å². The lowest BCUT2D eigenvalue weighted by Gasteiger charge is -2.07. The Hall–Kier alpha value is -3.13. The van der Waals surface area contributed by atoms with Crippen molar-refractivity contribution in [3.8, 4) is 12.1 Å². The molecular formula is C13H12N6O2. The summed E-state index contributed by atoms with van der Waals surface area (Å²) in [5.41, 5.74) is 1.10. The van der Waals surface area contributed by atoms with Crippen molar-refractivity contribution in [1.82, 2.24) is 19.3 Å². The molecule has 0 saturated carbocycles. The second-order valence-corrected chi connectivity index (χ2v) is 4.14. The predicted octanol–water partition coefficient (Wildman–Crippen LogP) is 0.585. The number of nitriles is 2. The van der Waals surface area contributed by atoms with Crippen LogP contribution in [0.4, 0.5) is 0 Å². The molecule has 0 aliphatic heterocycles. The minimum Gasteiger partial charge on any atom is -0.462 e. The summed E-state index contributed by atoms with van der Waals surface area (Å²) in [7, 11) is 1.69. The number of carbonyl (C=O) groups excluding carboxylic acids is 1. The zero-order chi connectivity index (χ0) is 15.4. The maximum Gasteiger partial charge on any atom is 0.341 e. The van der Waals surface area contributed by atoms with Crippen LogP contribution in [0, 0.1) is 22.7 Å². The van der Waals surface area contributed by atoms with Crippen LogP contribution in [-0.2, 0) is 18.3 Å². The van der Waals surface area contributed by atoms with Gasteiger partial charge in [-0.15, -0.1) is 0 Å². The number of imidazole rings is 1. The van der Waals surface area contributed by atoms with E-state index in [1.807, 2.05) is 12.1 Å². The summed E-state index contributed by atoms with van der Waals surface area (Å²) < 4.78 is 7.99. The lowest BCUT2D eigenvalue weighted by Crippen LogP contribution is -2.13. The van der Waals surface area contributed by atoms with Gasteiger partial charge in [-0.25, -0.2) is 9.78 Å². The number of esters is 1. The quantitative estimate of drug-likeness (QED) is 0.760. The summed E-state index contributed by atoms with van der Waals surface area (Å²) in [6.07, 6.45) is 2.81. The van der Waals surface area contributed by atoms with Gasteiger partial charge in [0.05, 0.1) is 31.4 Å². The van der Waals surface area contributed by atoms with Gasteiger partial charge in [0.15, 0.2) is 11.4 Å². The number of rotatable bonds is 4. The van der Waals surface area contributed by atoms with Crippen LogP contribution in [0.1, 0.15) is 34.4 Å². The molecule has 0 radical (unpaired) electrons. The molecule has 106 valence electrons. The molecule has 2 aromatic rings. The van der Waals surface area contributed by atoms with Gasteiger partial charge in [0.1, 0.15) is 17.7 Å². The molecule has 0 N–H and O–H groups in total. The van der Waals surface area contributed by atoms with Gasteiger partial charge in [-0.05, 0) is 6.92 Å². The van der Waals surface area contributed by atoms with Crippen LogP contribution in [-0.4, -0.2) is 31.9 Å². The Labute approximate surface area is 120 Å². The highest BCUT2D eigenvalue weighted by Crippen LogP contribution is 2.14. The lowest BCUT2D eigenvalue weighted by atomic mass is 10.2. The van der Waals surface area contributed by atoms with Crippen molar-refractivity contribution >= 4 is 5.97 Å². The van der Waals surface area contributed by atoms with Crippen LogP contribution < -0.4 is 0 Å². The van der Waals surface area contributed by atoms with Crippen molar-refractivity contribution in [1.29, 1.82) is 10.5 Å². The fourth-order valence-electron chi connectivity index (χ4n) is 1.89. The van der Waals surface area contributed by atoms with Crippen LogP contribution in [0.5, 0.6) is 0 Å². The molecule has 2 rings (SSSR count). The number of ether oxygens (including phenoxy) is 1. The molecule has 0 bridgehead atoms. The number of nitrogens with zero attached hydrogens (tertiary/aromatic N) is 6. The van der Waals surface area contributed by atoms with E-state index in [0.29, 0.717) is 11.3 Å². The molecular weight excluding hydrogens is 272 g/mol. The van der Waals surface area contributed by atoms with E-state index in [0.717, 1.165) is 0 Å². The first kappa shape index (κ1) is 14.3. The maximum absolute atomic E-state index is 11.9. The second kappa shape index (κ2) is 5.88. The third-order valence-electron chi connectivity index (χ3n) is 2.93. The summed E-state index contributed by atoms with van der Waals surface area (Å²) in [4.78, 5) is 15.7. The van der Waals surface area contributed by atoms with Gasteiger partial charge in [0.25, 0.3) is 0 Å². The van der Waals surface area contributed by atoms with E-state index in [-0.39, 0.29) is 24.5 Å². The van der Waals surface area contributed by atoms with Gasteiger partial charge in [0, 0.05) is 7.05 Å². The van der Waals surface area contributed by atoms with E-state index in [1.165, 1.54) is 21.8 Å². The second-order valence-electron chi connectivity index (χ2n) is 4.14. The molecule has 8 nitrogen and oxygen atoms in total. The Bertz CT molecular complexity index is 759. The predicted molar refractivity (Wildman–Crippen MR) is 69.9 cm³/mol. The Kier molecular flexibility index (Phi) is 4.00. The smallest absolute Gasteiger partial charge is 0.341 e. The Morgan fingerprint density at radius 2 is 2.19 bits per heavy atom. The lowest BCUT2D eigenvalue weighted by molar-refractivity contribution is 0.0524. The summed E-state index contributed by atoms with van der Waals surface area (Å²) >= 11 is 0. The van der Waals surface area contributed by atoms with E-state index in [4.69, 9.17) is 15.3 Å². The van der Waals surface area contributed by atoms with Crippen molar-refractivity contribution < 1.29 is 9.53 Å². The van der Waals surface area contributed by atoms with E-state index >= 15 is 0 Å². The zero-order valence-corrected chi connectivity index (χ0v) is 11.6.